The molecule has 0 saturated heterocycles. The minimum atomic E-state index is 0.423. The van der Waals surface area contributed by atoms with E-state index in [0.717, 1.165) is 5.03 Å². The zero-order valence-electron chi connectivity index (χ0n) is 4.16. The summed E-state index contributed by atoms with van der Waals surface area (Å²) < 4.78 is 0. The predicted molar refractivity (Wildman–Crippen MR) is 33.0 cm³/mol. The average Bonchev–Trinajstić information content (AvgIpc) is 1.36. The van der Waals surface area contributed by atoms with Crippen molar-refractivity contribution < 1.29 is 0 Å². The molecule has 0 radical (unpaired) electrons. The fourth-order valence-corrected chi connectivity index (χ4v) is 0. The van der Waals surface area contributed by atoms with Crippen molar-refractivity contribution in [1.29, 1.82) is 0 Å². The highest BCUT2D eigenvalue weighted by Crippen LogP contribution is 2.12. The van der Waals surface area contributed by atoms with Crippen LogP contribution in [0.1, 0.15) is 6.92 Å². The molecule has 0 aliphatic rings. The number of rotatable bonds is 1. The van der Waals surface area contributed by atoms with Gasteiger partial charge in [0.15, 0.2) is 0 Å². The number of allylic oxidation sites excluding steroid dienone is 1. The summed E-state index contributed by atoms with van der Waals surface area (Å²) in [6.45, 7) is 5.53. The van der Waals surface area contributed by atoms with E-state index < -0.39 is 0 Å². The highest BCUT2D eigenvalue weighted by molar-refractivity contribution is 6.34. The third-order valence-corrected chi connectivity index (χ3v) is 1.06. The monoisotopic (exact) mass is 102 g/mol. The third kappa shape index (κ3) is 2.34. The first-order valence-corrected chi connectivity index (χ1v) is 2.36. The molecule has 0 aliphatic carbocycles. The molecule has 0 fully saturated rings. The van der Waals surface area contributed by atoms with E-state index in [9.17, 15) is 0 Å². The van der Waals surface area contributed by atoms with E-state index in [-0.39, 0.29) is 0 Å². The van der Waals surface area contributed by atoms with Crippen molar-refractivity contribution in [1.82, 2.24) is 0 Å². The Kier molecular flexibility index (Phi) is 2.34. The molecule has 0 saturated carbocycles. The van der Waals surface area contributed by atoms with Gasteiger partial charge in [-0.1, -0.05) is 25.1 Å². The fraction of sp³-hybridized carbons (Fsp3) is 0.500. The van der Waals surface area contributed by atoms with Crippen molar-refractivity contribution in [2.45, 2.75) is 12.7 Å². The zero-order valence-corrected chi connectivity index (χ0v) is 4.92. The van der Waals surface area contributed by atoms with E-state index in [0.29, 0.717) is 5.82 Å². The Hall–Kier alpha value is 0.0949. The van der Waals surface area contributed by atoms with Gasteiger partial charge in [0.25, 0.3) is 0 Å². The van der Waals surface area contributed by atoms with Crippen molar-refractivity contribution in [2.75, 3.05) is 0 Å². The van der Waals surface area contributed by atoms with Crippen molar-refractivity contribution in [3.8, 4) is 0 Å². The summed E-state index contributed by atoms with van der Waals surface area (Å²) in [4.78, 5) is 0. The lowest BCUT2D eigenvalue weighted by Crippen LogP contribution is -1.79. The normalized spacial score (nSPS) is 13.7. The molecule has 0 spiro atoms. The maximum atomic E-state index is 5.42. The van der Waals surface area contributed by atoms with Crippen molar-refractivity contribution in [3.63, 3.8) is 0 Å². The van der Waals surface area contributed by atoms with Gasteiger partial charge in [0.05, 0.1) is 0 Å². The Balaban J connectivity index is 3.26. The lowest BCUT2D eigenvalue weighted by atomic mass is 9.90. The molecule has 0 rings (SSSR count). The van der Waals surface area contributed by atoms with Crippen LogP contribution in [-0.4, -0.2) is 7.85 Å². The van der Waals surface area contributed by atoms with E-state index in [2.05, 4.69) is 6.58 Å². The predicted octanol–water partition coefficient (Wildman–Crippen LogP) is 1.18. The summed E-state index contributed by atoms with van der Waals surface area (Å²) in [5.41, 5.74) is 0. The van der Waals surface area contributed by atoms with E-state index in [1.165, 1.54) is 0 Å². The van der Waals surface area contributed by atoms with Gasteiger partial charge in [-0.25, -0.2) is 0 Å². The van der Waals surface area contributed by atoms with Gasteiger partial charge in [0.2, 0.25) is 0 Å². The van der Waals surface area contributed by atoms with Gasteiger partial charge < -0.3 is 0 Å². The van der Waals surface area contributed by atoms with Gasteiger partial charge in [0, 0.05) is 5.03 Å². The van der Waals surface area contributed by atoms with Crippen LogP contribution in [0, 0.1) is 0 Å². The van der Waals surface area contributed by atoms with Crippen molar-refractivity contribution >= 4 is 19.4 Å². The van der Waals surface area contributed by atoms with Gasteiger partial charge in [0.1, 0.15) is 7.85 Å². The van der Waals surface area contributed by atoms with Crippen LogP contribution in [0.2, 0.25) is 5.82 Å². The molecule has 34 valence electrons. The molecule has 0 bridgehead atoms. The van der Waals surface area contributed by atoms with Crippen molar-refractivity contribution in [2.24, 2.45) is 0 Å². The highest BCUT2D eigenvalue weighted by atomic mass is 35.5. The summed E-state index contributed by atoms with van der Waals surface area (Å²) in [6, 6.07) is 0. The summed E-state index contributed by atoms with van der Waals surface area (Å²) in [7, 11) is 2.01. The lowest BCUT2D eigenvalue weighted by molar-refractivity contribution is 1.19. The van der Waals surface area contributed by atoms with Crippen LogP contribution in [0.3, 0.4) is 0 Å². The minimum absolute atomic E-state index is 0.423. The van der Waals surface area contributed by atoms with Gasteiger partial charge in [-0.2, -0.15) is 0 Å². The Labute approximate surface area is 44.6 Å². The highest BCUT2D eigenvalue weighted by Gasteiger charge is 1.90. The van der Waals surface area contributed by atoms with Gasteiger partial charge >= 0.3 is 0 Å². The molecule has 0 nitrogen and oxygen atoms in total. The standard InChI is InChI=1S/C4H8BCl/c1-3(5)4(2)6/h3H,2,5H2,1H3. The molecule has 0 heterocycles. The van der Waals surface area contributed by atoms with E-state index in [1.807, 2.05) is 14.8 Å². The SMILES string of the molecule is BC(C)C(=C)Cl. The molecule has 0 aromatic heterocycles. The topological polar surface area (TPSA) is 0 Å². The second kappa shape index (κ2) is 2.30. The Bertz CT molecular complexity index is 58.6. The Morgan fingerprint density at radius 3 is 2.17 bits per heavy atom. The summed E-state index contributed by atoms with van der Waals surface area (Å²) in [5.74, 6) is 0.423. The number of hydrogen-bond acceptors (Lipinski definition) is 0. The quantitative estimate of drug-likeness (QED) is 0.436. The Morgan fingerprint density at radius 1 is 2.00 bits per heavy atom. The smallest absolute Gasteiger partial charge is 0.0903 e. The summed E-state index contributed by atoms with van der Waals surface area (Å²) >= 11 is 5.42. The third-order valence-electron chi connectivity index (χ3n) is 0.626. The molecule has 0 aliphatic heterocycles. The molecule has 2 heteroatoms. The largest absolute Gasteiger partial charge is 0.111 e. The second-order valence-corrected chi connectivity index (χ2v) is 2.09. The maximum Gasteiger partial charge on any atom is 0.111 e. The Morgan fingerprint density at radius 2 is 2.17 bits per heavy atom. The van der Waals surface area contributed by atoms with Crippen LogP contribution in [0.4, 0.5) is 0 Å². The molecular formula is C4H8BCl. The molecule has 0 amide bonds. The first kappa shape index (κ1) is 6.09. The number of hydrogen-bond donors (Lipinski definition) is 0. The van der Waals surface area contributed by atoms with Crippen LogP contribution in [0.15, 0.2) is 11.6 Å². The van der Waals surface area contributed by atoms with Crippen LogP contribution < -0.4 is 0 Å². The molecule has 0 N–H and O–H groups in total. The van der Waals surface area contributed by atoms with Gasteiger partial charge in [-0.05, 0) is 5.82 Å². The second-order valence-electron chi connectivity index (χ2n) is 1.60. The molecule has 0 aromatic carbocycles. The minimum Gasteiger partial charge on any atom is -0.0903 e. The van der Waals surface area contributed by atoms with Crippen LogP contribution >= 0.6 is 11.6 Å². The lowest BCUT2D eigenvalue weighted by Gasteiger charge is -1.94. The molecule has 0 aromatic rings. The van der Waals surface area contributed by atoms with E-state index in [1.54, 1.807) is 0 Å². The van der Waals surface area contributed by atoms with E-state index in [4.69, 9.17) is 11.6 Å². The van der Waals surface area contributed by atoms with E-state index >= 15 is 0 Å². The molecule has 6 heavy (non-hydrogen) atoms. The average molecular weight is 102 g/mol. The fourth-order valence-electron chi connectivity index (χ4n) is 0. The first-order valence-electron chi connectivity index (χ1n) is 1.99. The zero-order chi connectivity index (χ0) is 5.15. The number of halogens is 1. The summed E-state index contributed by atoms with van der Waals surface area (Å²) in [6.07, 6.45) is 0. The van der Waals surface area contributed by atoms with Gasteiger partial charge in [-0.15, -0.1) is 0 Å². The molecule has 1 unspecified atom stereocenters. The van der Waals surface area contributed by atoms with Gasteiger partial charge in [-0.3, -0.25) is 0 Å². The summed E-state index contributed by atoms with van der Waals surface area (Å²) in [5, 5.41) is 0.731. The molecular weight excluding hydrogens is 94.3 g/mol. The van der Waals surface area contributed by atoms with Crippen molar-refractivity contribution in [3.05, 3.63) is 11.6 Å². The van der Waals surface area contributed by atoms with Crippen LogP contribution in [0.5, 0.6) is 0 Å². The maximum absolute atomic E-state index is 5.42. The first-order chi connectivity index (χ1) is 2.64. The van der Waals surface area contributed by atoms with Crippen LogP contribution in [0.25, 0.3) is 0 Å². The van der Waals surface area contributed by atoms with Crippen LogP contribution in [-0.2, 0) is 0 Å². The molecule has 1 atom stereocenters.